The van der Waals surface area contributed by atoms with Gasteiger partial charge in [-0.2, -0.15) is 13.2 Å². The van der Waals surface area contributed by atoms with E-state index < -0.39 is 27.7 Å². The van der Waals surface area contributed by atoms with Crippen molar-refractivity contribution in [1.82, 2.24) is 14.8 Å². The van der Waals surface area contributed by atoms with E-state index in [1.807, 2.05) is 11.9 Å². The Labute approximate surface area is 191 Å². The first kappa shape index (κ1) is 24.6. The Morgan fingerprint density at radius 2 is 1.88 bits per heavy atom. The number of piperazine rings is 1. The Balaban J connectivity index is 1.82. The Morgan fingerprint density at radius 3 is 2.44 bits per heavy atom. The predicted molar refractivity (Wildman–Crippen MR) is 115 cm³/mol. The minimum Gasteiger partial charge on any atom is -0.307 e. The van der Waals surface area contributed by atoms with Gasteiger partial charge in [0.1, 0.15) is 10.7 Å². The third-order valence-electron chi connectivity index (χ3n) is 5.04. The molecule has 2 aromatic rings. The van der Waals surface area contributed by atoms with Gasteiger partial charge in [-0.3, -0.25) is 9.69 Å². The number of carbonyl (C=O) groups excluding carboxylic acids is 1. The maximum absolute atomic E-state index is 13.7. The lowest BCUT2D eigenvalue weighted by Gasteiger charge is -2.33. The number of carbonyl (C=O) groups is 1. The van der Waals surface area contributed by atoms with Gasteiger partial charge in [0.05, 0.1) is 11.8 Å². The number of nitrogens with one attached hydrogen (secondary N) is 1. The number of aromatic nitrogens is 1. The molecule has 1 aromatic heterocycles. The molecule has 0 aliphatic carbocycles. The number of halogens is 4. The molecule has 1 aliphatic heterocycles. The molecular formula is C19H21BrF3N5O3S. The lowest BCUT2D eigenvalue weighted by molar-refractivity contribution is -0.138. The molecule has 2 heterocycles. The maximum Gasteiger partial charge on any atom is 0.416 e. The molecule has 1 aliphatic rings. The van der Waals surface area contributed by atoms with Crippen LogP contribution in [0.4, 0.5) is 19.0 Å². The summed E-state index contributed by atoms with van der Waals surface area (Å²) in [6, 6.07) is 4.64. The third-order valence-corrected chi connectivity index (χ3v) is 6.89. The summed E-state index contributed by atoms with van der Waals surface area (Å²) in [4.78, 5) is 20.1. The van der Waals surface area contributed by atoms with Crippen molar-refractivity contribution < 1.29 is 26.4 Å². The van der Waals surface area contributed by atoms with Crippen LogP contribution in [0.3, 0.4) is 0 Å². The Morgan fingerprint density at radius 1 is 1.22 bits per heavy atom. The van der Waals surface area contributed by atoms with Gasteiger partial charge in [-0.25, -0.2) is 18.5 Å². The average Bonchev–Trinajstić information content (AvgIpc) is 2.68. The van der Waals surface area contributed by atoms with E-state index in [4.69, 9.17) is 5.14 Å². The minimum absolute atomic E-state index is 0.0515. The van der Waals surface area contributed by atoms with Crippen LogP contribution in [0.2, 0.25) is 0 Å². The van der Waals surface area contributed by atoms with Gasteiger partial charge >= 0.3 is 6.18 Å². The molecule has 174 valence electrons. The van der Waals surface area contributed by atoms with Crippen molar-refractivity contribution in [3.63, 3.8) is 0 Å². The van der Waals surface area contributed by atoms with Gasteiger partial charge in [-0.15, -0.1) is 0 Å². The van der Waals surface area contributed by atoms with Gasteiger partial charge in [-0.05, 0) is 46.7 Å². The second-order valence-electron chi connectivity index (χ2n) is 7.45. The highest BCUT2D eigenvalue weighted by Gasteiger charge is 2.34. The molecule has 0 unspecified atom stereocenters. The van der Waals surface area contributed by atoms with Crippen LogP contribution in [0, 0.1) is 0 Å². The molecule has 32 heavy (non-hydrogen) atoms. The zero-order chi connectivity index (χ0) is 23.7. The number of likely N-dealkylation sites (N-methyl/N-ethyl adjacent to an activating group) is 1. The van der Waals surface area contributed by atoms with Crippen molar-refractivity contribution in [3.05, 3.63) is 51.6 Å². The normalized spacial score (nSPS) is 16.2. The maximum atomic E-state index is 13.7. The standard InChI is InChI=1S/C19H21BrF3N5O3S/c1-27-4-6-28(7-5-27)11-13-3-2-12(8-14(13)19(21,22)23)18(29)26-17-9-15(20)16(10-25-17)32(24,30)31/h2-3,8-10H,4-7,11H2,1H3,(H2,24,30,31)(H,25,26,29). The number of alkyl halides is 3. The second-order valence-corrected chi connectivity index (χ2v) is 9.83. The number of hydrogen-bond acceptors (Lipinski definition) is 6. The number of rotatable bonds is 5. The van der Waals surface area contributed by atoms with Crippen LogP contribution >= 0.6 is 15.9 Å². The largest absolute Gasteiger partial charge is 0.416 e. The fourth-order valence-corrected chi connectivity index (χ4v) is 4.78. The Bertz CT molecular complexity index is 1120. The van der Waals surface area contributed by atoms with E-state index in [1.165, 1.54) is 18.2 Å². The van der Waals surface area contributed by atoms with Crippen LogP contribution in [0.1, 0.15) is 21.5 Å². The fraction of sp³-hybridized carbons (Fsp3) is 0.368. The number of nitrogens with zero attached hydrogens (tertiary/aromatic N) is 3. The molecule has 0 saturated carbocycles. The predicted octanol–water partition coefficient (Wildman–Crippen LogP) is 2.51. The number of pyridine rings is 1. The van der Waals surface area contributed by atoms with E-state index in [2.05, 4.69) is 31.1 Å². The third kappa shape index (κ3) is 6.04. The number of primary sulfonamides is 1. The minimum atomic E-state index is -4.63. The molecule has 13 heteroatoms. The molecule has 3 N–H and O–H groups in total. The molecular weight excluding hydrogens is 515 g/mol. The topological polar surface area (TPSA) is 109 Å². The summed E-state index contributed by atoms with van der Waals surface area (Å²) in [5.41, 5.74) is -0.979. The number of amides is 1. The van der Waals surface area contributed by atoms with Gasteiger partial charge < -0.3 is 10.2 Å². The van der Waals surface area contributed by atoms with Gasteiger partial charge in [-0.1, -0.05) is 6.07 Å². The molecule has 3 rings (SSSR count). The van der Waals surface area contributed by atoms with Crippen molar-refractivity contribution in [2.24, 2.45) is 5.14 Å². The number of benzene rings is 1. The van der Waals surface area contributed by atoms with Gasteiger partial charge in [0.15, 0.2) is 0 Å². The van der Waals surface area contributed by atoms with E-state index in [-0.39, 0.29) is 32.9 Å². The summed E-state index contributed by atoms with van der Waals surface area (Å²) in [5, 5.41) is 7.41. The van der Waals surface area contributed by atoms with Crippen LogP contribution in [0.25, 0.3) is 0 Å². The average molecular weight is 536 g/mol. The highest BCUT2D eigenvalue weighted by Crippen LogP contribution is 2.34. The number of sulfonamides is 1. The van der Waals surface area contributed by atoms with Crippen molar-refractivity contribution in [3.8, 4) is 0 Å². The molecule has 0 radical (unpaired) electrons. The summed E-state index contributed by atoms with van der Waals surface area (Å²) < 4.78 is 64.0. The van der Waals surface area contributed by atoms with Crippen LogP contribution < -0.4 is 10.5 Å². The lowest BCUT2D eigenvalue weighted by Crippen LogP contribution is -2.44. The van der Waals surface area contributed by atoms with Crippen molar-refractivity contribution >= 4 is 37.7 Å². The van der Waals surface area contributed by atoms with E-state index in [0.717, 1.165) is 25.4 Å². The summed E-state index contributed by atoms with van der Waals surface area (Å²) in [6.45, 7) is 2.99. The molecule has 1 saturated heterocycles. The molecule has 0 bridgehead atoms. The lowest BCUT2D eigenvalue weighted by atomic mass is 10.0. The van der Waals surface area contributed by atoms with Gasteiger partial charge in [0, 0.05) is 42.8 Å². The number of hydrogen-bond donors (Lipinski definition) is 2. The summed E-state index contributed by atoms with van der Waals surface area (Å²) >= 11 is 3.02. The van der Waals surface area contributed by atoms with Crippen LogP contribution in [0.5, 0.6) is 0 Å². The Hall–Kier alpha value is -2.06. The van der Waals surface area contributed by atoms with Crippen LogP contribution in [-0.2, 0) is 22.7 Å². The number of nitrogens with two attached hydrogens (primary N) is 1. The summed E-state index contributed by atoms with van der Waals surface area (Å²) in [6.07, 6.45) is -3.69. The zero-order valence-corrected chi connectivity index (χ0v) is 19.4. The smallest absolute Gasteiger partial charge is 0.307 e. The molecule has 0 atom stereocenters. The Kier molecular flexibility index (Phi) is 7.25. The highest BCUT2D eigenvalue weighted by atomic mass is 79.9. The zero-order valence-electron chi connectivity index (χ0n) is 17.0. The number of anilines is 1. The first-order valence-electron chi connectivity index (χ1n) is 9.45. The SMILES string of the molecule is CN1CCN(Cc2ccc(C(=O)Nc3cc(Br)c(S(N)(=O)=O)cn3)cc2C(F)(F)F)CC1. The second kappa shape index (κ2) is 9.43. The fourth-order valence-electron chi connectivity index (χ4n) is 3.25. The first-order valence-corrected chi connectivity index (χ1v) is 11.8. The van der Waals surface area contributed by atoms with Crippen LogP contribution in [-0.4, -0.2) is 62.3 Å². The molecule has 1 fully saturated rings. The monoisotopic (exact) mass is 535 g/mol. The first-order chi connectivity index (χ1) is 14.8. The molecule has 8 nitrogen and oxygen atoms in total. The quantitative estimate of drug-likeness (QED) is 0.608. The van der Waals surface area contributed by atoms with E-state index in [9.17, 15) is 26.4 Å². The van der Waals surface area contributed by atoms with E-state index >= 15 is 0 Å². The van der Waals surface area contributed by atoms with Gasteiger partial charge in [0.25, 0.3) is 5.91 Å². The van der Waals surface area contributed by atoms with E-state index in [1.54, 1.807) is 0 Å². The molecule has 1 aromatic carbocycles. The summed E-state index contributed by atoms with van der Waals surface area (Å²) in [7, 11) is -2.07. The highest BCUT2D eigenvalue weighted by molar-refractivity contribution is 9.10. The van der Waals surface area contributed by atoms with Crippen molar-refractivity contribution in [2.75, 3.05) is 38.5 Å². The van der Waals surface area contributed by atoms with Crippen LogP contribution in [0.15, 0.2) is 39.8 Å². The van der Waals surface area contributed by atoms with Gasteiger partial charge in [0.2, 0.25) is 10.0 Å². The molecule has 1 amide bonds. The van der Waals surface area contributed by atoms with Crippen molar-refractivity contribution in [1.29, 1.82) is 0 Å². The molecule has 0 spiro atoms. The van der Waals surface area contributed by atoms with Crippen molar-refractivity contribution in [2.45, 2.75) is 17.6 Å². The van der Waals surface area contributed by atoms with E-state index in [0.29, 0.717) is 13.1 Å². The summed E-state index contributed by atoms with van der Waals surface area (Å²) in [5.74, 6) is -0.867.